The number of piperidine rings is 1. The van der Waals surface area contributed by atoms with E-state index < -0.39 is 16.7 Å². The van der Waals surface area contributed by atoms with E-state index in [2.05, 4.69) is 18.2 Å². The lowest BCUT2D eigenvalue weighted by Gasteiger charge is -2.44. The van der Waals surface area contributed by atoms with Crippen LogP contribution in [0.3, 0.4) is 0 Å². The van der Waals surface area contributed by atoms with Gasteiger partial charge in [0.2, 0.25) is 11.1 Å². The number of nitrogens with zero attached hydrogens (tertiary/aromatic N) is 1. The summed E-state index contributed by atoms with van der Waals surface area (Å²) in [6, 6.07) is 13.9. The first kappa shape index (κ1) is 22.6. The van der Waals surface area contributed by atoms with Crippen molar-refractivity contribution in [2.24, 2.45) is 0 Å². The molecule has 2 aliphatic rings. The van der Waals surface area contributed by atoms with E-state index in [1.165, 1.54) is 11.8 Å². The zero-order chi connectivity index (χ0) is 22.9. The Morgan fingerprint density at radius 2 is 1.69 bits per heavy atom. The molecule has 1 amide bonds. The summed E-state index contributed by atoms with van der Waals surface area (Å²) in [5.41, 5.74) is 2.71. The van der Waals surface area contributed by atoms with Crippen LogP contribution in [0.25, 0.3) is 11.1 Å². The van der Waals surface area contributed by atoms with Gasteiger partial charge in [0.1, 0.15) is 22.7 Å². The quantitative estimate of drug-likeness (QED) is 0.640. The minimum absolute atomic E-state index is 0.207. The van der Waals surface area contributed by atoms with E-state index in [1.807, 2.05) is 45.0 Å². The smallest absolute Gasteiger partial charge is 0.410 e. The van der Waals surface area contributed by atoms with Crippen LogP contribution in [-0.2, 0) is 22.2 Å². The van der Waals surface area contributed by atoms with E-state index in [4.69, 9.17) is 13.7 Å². The Hall–Kier alpha value is -2.54. The van der Waals surface area contributed by atoms with Crippen LogP contribution in [0.4, 0.5) is 4.79 Å². The van der Waals surface area contributed by atoms with Crippen LogP contribution >= 0.6 is 0 Å². The Morgan fingerprint density at radius 1 is 1.03 bits per heavy atom. The number of rotatable bonds is 3. The van der Waals surface area contributed by atoms with Crippen LogP contribution in [0.15, 0.2) is 42.5 Å². The lowest BCUT2D eigenvalue weighted by molar-refractivity contribution is -0.0272. The van der Waals surface area contributed by atoms with E-state index >= 15 is 0 Å². The number of amides is 1. The number of ether oxygens (including phenoxy) is 2. The van der Waals surface area contributed by atoms with E-state index in [9.17, 15) is 9.00 Å². The number of hydrogen-bond donors (Lipinski definition) is 0. The summed E-state index contributed by atoms with van der Waals surface area (Å²) < 4.78 is 28.5. The van der Waals surface area contributed by atoms with Crippen LogP contribution < -0.4 is 8.92 Å². The van der Waals surface area contributed by atoms with E-state index in [0.29, 0.717) is 18.8 Å². The number of hydrogen-bond acceptors (Lipinski definition) is 5. The molecule has 0 bridgehead atoms. The molecule has 2 heterocycles. The largest absolute Gasteiger partial charge is 0.487 e. The molecule has 1 spiro atoms. The summed E-state index contributed by atoms with van der Waals surface area (Å²) in [5, 5.41) is 0. The van der Waals surface area contributed by atoms with Crippen LogP contribution in [0, 0.1) is 0 Å². The summed E-state index contributed by atoms with van der Waals surface area (Å²) in [5.74, 6) is 1.53. The molecule has 32 heavy (non-hydrogen) atoms. The molecule has 0 N–H and O–H groups in total. The van der Waals surface area contributed by atoms with Crippen LogP contribution in [0.5, 0.6) is 11.5 Å². The van der Waals surface area contributed by atoms with Crippen molar-refractivity contribution in [3.05, 3.63) is 48.0 Å². The molecule has 4 rings (SSSR count). The molecule has 2 aliphatic heterocycles. The Bertz CT molecular complexity index is 1000. The first-order valence-electron chi connectivity index (χ1n) is 11.0. The van der Waals surface area contributed by atoms with Crippen molar-refractivity contribution >= 4 is 17.2 Å². The molecule has 0 saturated carbocycles. The summed E-state index contributed by atoms with van der Waals surface area (Å²) in [6.07, 6.45) is 4.79. The van der Waals surface area contributed by atoms with Gasteiger partial charge in [-0.1, -0.05) is 18.2 Å². The van der Waals surface area contributed by atoms with Crippen molar-refractivity contribution < 1.29 is 22.7 Å². The third-order valence-electron chi connectivity index (χ3n) is 5.96. The van der Waals surface area contributed by atoms with Crippen molar-refractivity contribution in [1.29, 1.82) is 0 Å². The molecule has 1 saturated heterocycles. The molecule has 2 aromatic carbocycles. The Labute approximate surface area is 192 Å². The molecule has 0 aromatic heterocycles. The van der Waals surface area contributed by atoms with E-state index in [-0.39, 0.29) is 11.7 Å². The predicted octanol–water partition coefficient (Wildman–Crippen LogP) is 5.12. The fourth-order valence-corrected chi connectivity index (χ4v) is 4.70. The molecule has 6 nitrogen and oxygen atoms in total. The fraction of sp³-hybridized carbons (Fsp3) is 0.480. The lowest BCUT2D eigenvalue weighted by atomic mass is 9.82. The average Bonchev–Trinajstić information content (AvgIpc) is 2.73. The maximum Gasteiger partial charge on any atom is 0.410 e. The highest BCUT2D eigenvalue weighted by molar-refractivity contribution is 7.79. The summed E-state index contributed by atoms with van der Waals surface area (Å²) >= 11 is -1.33. The second kappa shape index (κ2) is 8.77. The zero-order valence-corrected chi connectivity index (χ0v) is 20.0. The van der Waals surface area contributed by atoms with Gasteiger partial charge in [-0.05, 0) is 74.6 Å². The van der Waals surface area contributed by atoms with Gasteiger partial charge >= 0.3 is 6.09 Å². The molecule has 1 fully saturated rings. The van der Waals surface area contributed by atoms with Gasteiger partial charge in [0.05, 0.1) is 0 Å². The van der Waals surface area contributed by atoms with Crippen molar-refractivity contribution in [2.45, 2.75) is 57.7 Å². The number of carbonyl (C=O) groups is 1. The van der Waals surface area contributed by atoms with Gasteiger partial charge < -0.3 is 18.6 Å². The van der Waals surface area contributed by atoms with Gasteiger partial charge in [-0.3, -0.25) is 0 Å². The highest BCUT2D eigenvalue weighted by Gasteiger charge is 2.41. The molecule has 1 atom stereocenters. The molecule has 0 aliphatic carbocycles. The van der Waals surface area contributed by atoms with Gasteiger partial charge in [0.25, 0.3) is 0 Å². The maximum absolute atomic E-state index is 12.4. The Morgan fingerprint density at radius 3 is 2.31 bits per heavy atom. The van der Waals surface area contributed by atoms with Crippen molar-refractivity contribution in [1.82, 2.24) is 4.90 Å². The molecule has 2 aromatic rings. The second-order valence-electron chi connectivity index (χ2n) is 9.58. The SMILES string of the molecule is CS(=O)Oc1ccc(-c2ccc3c(c2)CCC2(CCN(C(=O)OC(C)(C)C)CC2)O3)cc1. The van der Waals surface area contributed by atoms with Gasteiger partial charge in [-0.25, -0.2) is 9.00 Å². The molecule has 1 unspecified atom stereocenters. The predicted molar refractivity (Wildman–Crippen MR) is 125 cm³/mol. The standard InChI is InChI=1S/C25H31NO5S/c1-24(2,3)30-23(27)26-15-13-25(14-16-26)12-11-20-17-19(7-10-22(20)29-25)18-5-8-21(9-6-18)31-32(4)28/h5-10,17H,11-16H2,1-4H3. The topological polar surface area (TPSA) is 65.1 Å². The number of likely N-dealkylation sites (tertiary alicyclic amines) is 1. The van der Waals surface area contributed by atoms with Crippen LogP contribution in [0.2, 0.25) is 0 Å². The summed E-state index contributed by atoms with van der Waals surface area (Å²) in [6.45, 7) is 6.97. The van der Waals surface area contributed by atoms with E-state index in [1.54, 1.807) is 4.90 Å². The number of aryl methyl sites for hydroxylation is 1. The number of fused-ring (bicyclic) bond motifs is 1. The highest BCUT2D eigenvalue weighted by Crippen LogP contribution is 2.41. The average molecular weight is 458 g/mol. The minimum atomic E-state index is -1.33. The van der Waals surface area contributed by atoms with E-state index in [0.717, 1.165) is 42.6 Å². The Balaban J connectivity index is 1.41. The second-order valence-corrected chi connectivity index (χ2v) is 10.6. The molecular formula is C25H31NO5S. The van der Waals surface area contributed by atoms with Gasteiger partial charge in [0, 0.05) is 32.2 Å². The Kier molecular flexibility index (Phi) is 6.21. The minimum Gasteiger partial charge on any atom is -0.487 e. The van der Waals surface area contributed by atoms with Crippen molar-refractivity contribution in [3.8, 4) is 22.6 Å². The third-order valence-corrected chi connectivity index (χ3v) is 6.39. The molecule has 172 valence electrons. The maximum atomic E-state index is 12.4. The fourth-order valence-electron chi connectivity index (χ4n) is 4.31. The van der Waals surface area contributed by atoms with Crippen molar-refractivity contribution in [3.63, 3.8) is 0 Å². The first-order chi connectivity index (χ1) is 15.1. The van der Waals surface area contributed by atoms with Crippen LogP contribution in [-0.4, -0.2) is 45.7 Å². The van der Waals surface area contributed by atoms with Gasteiger partial charge in [-0.2, -0.15) is 0 Å². The number of carbonyl (C=O) groups excluding carboxylic acids is 1. The molecular weight excluding hydrogens is 426 g/mol. The van der Waals surface area contributed by atoms with Crippen LogP contribution in [0.1, 0.15) is 45.6 Å². The first-order valence-corrected chi connectivity index (χ1v) is 12.5. The summed E-state index contributed by atoms with van der Waals surface area (Å²) in [7, 11) is 0. The summed E-state index contributed by atoms with van der Waals surface area (Å²) in [4.78, 5) is 14.2. The van der Waals surface area contributed by atoms with Crippen molar-refractivity contribution in [2.75, 3.05) is 19.3 Å². The normalized spacial score (nSPS) is 18.4. The molecule has 0 radical (unpaired) electrons. The monoisotopic (exact) mass is 457 g/mol. The van der Waals surface area contributed by atoms with Gasteiger partial charge in [-0.15, -0.1) is 0 Å². The third kappa shape index (κ3) is 5.26. The zero-order valence-electron chi connectivity index (χ0n) is 19.2. The number of benzene rings is 2. The van der Waals surface area contributed by atoms with Gasteiger partial charge in [0.15, 0.2) is 0 Å². The highest BCUT2D eigenvalue weighted by atomic mass is 32.2. The lowest BCUT2D eigenvalue weighted by Crippen LogP contribution is -2.52. The molecule has 7 heteroatoms.